The molecule has 1 rings (SSSR count). The van der Waals surface area contributed by atoms with Gasteiger partial charge in [-0.05, 0) is 26.8 Å². The normalized spacial score (nSPS) is 36.5. The van der Waals surface area contributed by atoms with Crippen LogP contribution in [0.15, 0.2) is 0 Å². The highest BCUT2D eigenvalue weighted by Crippen LogP contribution is 2.29. The highest BCUT2D eigenvalue weighted by molar-refractivity contribution is 4.94. The van der Waals surface area contributed by atoms with Crippen LogP contribution in [-0.2, 0) is 9.47 Å². The van der Waals surface area contributed by atoms with Crippen molar-refractivity contribution in [1.29, 1.82) is 0 Å². The van der Waals surface area contributed by atoms with E-state index in [-0.39, 0.29) is 12.2 Å². The SMILES string of the molecule is CCC(C)(CC)OC1C(CO)OC(O)C(NC)C1O. The van der Waals surface area contributed by atoms with Gasteiger partial charge in [-0.3, -0.25) is 0 Å². The average molecular weight is 277 g/mol. The Morgan fingerprint density at radius 1 is 1.26 bits per heavy atom. The van der Waals surface area contributed by atoms with Crippen molar-refractivity contribution in [1.82, 2.24) is 5.32 Å². The Labute approximate surface area is 114 Å². The molecule has 5 unspecified atom stereocenters. The molecule has 1 aliphatic rings. The molecule has 1 heterocycles. The third kappa shape index (κ3) is 3.65. The quantitative estimate of drug-likeness (QED) is 0.528. The third-order valence-corrected chi connectivity index (χ3v) is 4.12. The van der Waals surface area contributed by atoms with Crippen LogP contribution in [0.25, 0.3) is 0 Å². The zero-order valence-electron chi connectivity index (χ0n) is 12.2. The summed E-state index contributed by atoms with van der Waals surface area (Å²) in [5.74, 6) is 0. The van der Waals surface area contributed by atoms with E-state index >= 15 is 0 Å². The van der Waals surface area contributed by atoms with E-state index in [1.54, 1.807) is 7.05 Å². The lowest BCUT2D eigenvalue weighted by molar-refractivity contribution is -0.282. The first-order chi connectivity index (χ1) is 8.92. The molecule has 0 aromatic heterocycles. The summed E-state index contributed by atoms with van der Waals surface area (Å²) < 4.78 is 11.3. The highest BCUT2D eigenvalue weighted by atomic mass is 16.6. The lowest BCUT2D eigenvalue weighted by Crippen LogP contribution is -2.64. The number of hydrogen-bond acceptors (Lipinski definition) is 6. The number of nitrogens with one attached hydrogen (secondary N) is 1. The van der Waals surface area contributed by atoms with Crippen molar-refractivity contribution in [2.45, 2.75) is 69.9 Å². The molecule has 0 amide bonds. The van der Waals surface area contributed by atoms with Gasteiger partial charge in [0.15, 0.2) is 6.29 Å². The van der Waals surface area contributed by atoms with Crippen LogP contribution in [0.5, 0.6) is 0 Å². The van der Waals surface area contributed by atoms with E-state index in [1.807, 2.05) is 20.8 Å². The molecule has 0 bridgehead atoms. The predicted molar refractivity (Wildman–Crippen MR) is 70.7 cm³/mol. The van der Waals surface area contributed by atoms with E-state index in [2.05, 4.69) is 5.32 Å². The first-order valence-corrected chi connectivity index (χ1v) is 6.90. The molecule has 1 fully saturated rings. The summed E-state index contributed by atoms with van der Waals surface area (Å²) in [6, 6.07) is -0.634. The molecule has 0 aromatic rings. The number of aliphatic hydroxyl groups excluding tert-OH is 3. The molecule has 0 aliphatic carbocycles. The van der Waals surface area contributed by atoms with E-state index in [9.17, 15) is 15.3 Å². The first-order valence-electron chi connectivity index (χ1n) is 6.90. The Kier molecular flexibility index (Phi) is 6.16. The van der Waals surface area contributed by atoms with Gasteiger partial charge < -0.3 is 30.1 Å². The molecular weight excluding hydrogens is 250 g/mol. The Bertz CT molecular complexity index is 272. The monoisotopic (exact) mass is 277 g/mol. The Hall–Kier alpha value is -0.240. The second-order valence-electron chi connectivity index (χ2n) is 5.29. The molecule has 5 atom stereocenters. The van der Waals surface area contributed by atoms with Gasteiger partial charge in [-0.15, -0.1) is 0 Å². The van der Waals surface area contributed by atoms with E-state index < -0.39 is 30.6 Å². The largest absolute Gasteiger partial charge is 0.394 e. The fraction of sp³-hybridized carbons (Fsp3) is 1.00. The van der Waals surface area contributed by atoms with Crippen LogP contribution in [0.1, 0.15) is 33.6 Å². The van der Waals surface area contributed by atoms with Crippen LogP contribution in [-0.4, -0.2) is 65.2 Å². The Morgan fingerprint density at radius 2 is 1.84 bits per heavy atom. The molecule has 6 nitrogen and oxygen atoms in total. The molecule has 0 spiro atoms. The Morgan fingerprint density at radius 3 is 2.26 bits per heavy atom. The summed E-state index contributed by atoms with van der Waals surface area (Å²) in [5.41, 5.74) is -0.386. The van der Waals surface area contributed by atoms with E-state index in [1.165, 1.54) is 0 Å². The maximum absolute atomic E-state index is 10.3. The summed E-state index contributed by atoms with van der Waals surface area (Å²) in [7, 11) is 1.63. The predicted octanol–water partition coefficient (Wildman–Crippen LogP) is -0.391. The summed E-state index contributed by atoms with van der Waals surface area (Å²) >= 11 is 0. The standard InChI is InChI=1S/C13H27NO5/c1-5-13(3,6-2)19-11-8(7-15)18-12(17)9(14-4)10(11)16/h8-12,14-17H,5-7H2,1-4H3. The van der Waals surface area contributed by atoms with Crippen molar-refractivity contribution in [2.24, 2.45) is 0 Å². The number of ether oxygens (including phenoxy) is 2. The smallest absolute Gasteiger partial charge is 0.173 e. The van der Waals surface area contributed by atoms with Gasteiger partial charge in [0.1, 0.15) is 18.3 Å². The van der Waals surface area contributed by atoms with Gasteiger partial charge in [-0.2, -0.15) is 0 Å². The topological polar surface area (TPSA) is 91.2 Å². The molecule has 0 aromatic carbocycles. The molecule has 1 aliphatic heterocycles. The first kappa shape index (κ1) is 16.8. The van der Waals surface area contributed by atoms with Crippen LogP contribution in [0.4, 0.5) is 0 Å². The van der Waals surface area contributed by atoms with E-state index in [0.717, 1.165) is 12.8 Å². The minimum Gasteiger partial charge on any atom is -0.394 e. The molecule has 1 saturated heterocycles. The number of hydrogen-bond donors (Lipinski definition) is 4. The number of rotatable bonds is 6. The highest BCUT2D eigenvalue weighted by Gasteiger charge is 2.46. The van der Waals surface area contributed by atoms with Crippen LogP contribution >= 0.6 is 0 Å². The van der Waals surface area contributed by atoms with Gasteiger partial charge in [0.25, 0.3) is 0 Å². The van der Waals surface area contributed by atoms with E-state index in [4.69, 9.17) is 9.47 Å². The summed E-state index contributed by atoms with van der Waals surface area (Å²) in [6.45, 7) is 5.68. The van der Waals surface area contributed by atoms with Crippen LogP contribution in [0.3, 0.4) is 0 Å². The number of aliphatic hydroxyl groups is 3. The van der Waals surface area contributed by atoms with Crippen molar-refractivity contribution >= 4 is 0 Å². The molecular formula is C13H27NO5. The minimum absolute atomic E-state index is 0.307. The van der Waals surface area contributed by atoms with Gasteiger partial charge in [0.05, 0.1) is 18.2 Å². The van der Waals surface area contributed by atoms with Gasteiger partial charge in [0, 0.05) is 0 Å². The van der Waals surface area contributed by atoms with Crippen molar-refractivity contribution in [3.8, 4) is 0 Å². The summed E-state index contributed by atoms with van der Waals surface area (Å²) in [5, 5.41) is 32.2. The van der Waals surface area contributed by atoms with Crippen molar-refractivity contribution in [3.05, 3.63) is 0 Å². The molecule has 0 radical (unpaired) electrons. The maximum Gasteiger partial charge on any atom is 0.173 e. The second kappa shape index (κ2) is 6.97. The van der Waals surface area contributed by atoms with Gasteiger partial charge in [0.2, 0.25) is 0 Å². The fourth-order valence-corrected chi connectivity index (χ4v) is 2.29. The van der Waals surface area contributed by atoms with Crippen LogP contribution in [0, 0.1) is 0 Å². The Balaban J connectivity index is 2.87. The lowest BCUT2D eigenvalue weighted by atomic mass is 9.94. The van der Waals surface area contributed by atoms with Crippen molar-refractivity contribution in [3.63, 3.8) is 0 Å². The van der Waals surface area contributed by atoms with Gasteiger partial charge in [-0.1, -0.05) is 13.8 Å². The zero-order valence-corrected chi connectivity index (χ0v) is 12.2. The summed E-state index contributed by atoms with van der Waals surface area (Å²) in [4.78, 5) is 0. The van der Waals surface area contributed by atoms with Gasteiger partial charge in [-0.25, -0.2) is 0 Å². The molecule has 114 valence electrons. The second-order valence-corrected chi connectivity index (χ2v) is 5.29. The van der Waals surface area contributed by atoms with Gasteiger partial charge >= 0.3 is 0 Å². The molecule has 0 saturated carbocycles. The zero-order chi connectivity index (χ0) is 14.6. The molecule has 4 N–H and O–H groups in total. The third-order valence-electron chi connectivity index (χ3n) is 4.12. The minimum atomic E-state index is -1.16. The number of likely N-dealkylation sites (N-methyl/N-ethyl adjacent to an activating group) is 1. The summed E-state index contributed by atoms with van der Waals surface area (Å²) in [6.07, 6.45) is -1.92. The lowest BCUT2D eigenvalue weighted by Gasteiger charge is -2.45. The van der Waals surface area contributed by atoms with Crippen LogP contribution in [0.2, 0.25) is 0 Å². The average Bonchev–Trinajstić information content (AvgIpc) is 2.42. The van der Waals surface area contributed by atoms with Crippen molar-refractivity contribution < 1.29 is 24.8 Å². The van der Waals surface area contributed by atoms with Crippen molar-refractivity contribution in [2.75, 3.05) is 13.7 Å². The molecule has 6 heteroatoms. The molecule has 19 heavy (non-hydrogen) atoms. The van der Waals surface area contributed by atoms with E-state index in [0.29, 0.717) is 0 Å². The maximum atomic E-state index is 10.3. The van der Waals surface area contributed by atoms with Crippen LogP contribution < -0.4 is 5.32 Å². The fourth-order valence-electron chi connectivity index (χ4n) is 2.29.